The van der Waals surface area contributed by atoms with Crippen LogP contribution in [0.25, 0.3) is 10.9 Å². The fraction of sp³-hybridized carbons (Fsp3) is 0.231. The Morgan fingerprint density at radius 2 is 2.00 bits per heavy atom. The molecular weight excluding hydrogens is 238 g/mol. The first-order valence-corrected chi connectivity index (χ1v) is 5.63. The van der Waals surface area contributed by atoms with Crippen molar-refractivity contribution in [1.82, 2.24) is 4.98 Å². The number of rotatable bonds is 2. The molecule has 2 aromatic rings. The standard InChI is InChI=1S/C13H12ClNO2/c1-7-4-10(6-12(16)17)15-13-8(2)3-9(14)5-11(7)13/h3-5H,6H2,1-2H3,(H,16,17). The summed E-state index contributed by atoms with van der Waals surface area (Å²) in [6.45, 7) is 3.86. The quantitative estimate of drug-likeness (QED) is 0.890. The zero-order valence-corrected chi connectivity index (χ0v) is 10.4. The van der Waals surface area contributed by atoms with Crippen molar-refractivity contribution in [3.8, 4) is 0 Å². The van der Waals surface area contributed by atoms with Crippen LogP contribution in [0.5, 0.6) is 0 Å². The molecule has 0 radical (unpaired) electrons. The summed E-state index contributed by atoms with van der Waals surface area (Å²) in [6.07, 6.45) is -0.0567. The average molecular weight is 250 g/mol. The Morgan fingerprint density at radius 3 is 2.65 bits per heavy atom. The minimum atomic E-state index is -0.872. The zero-order valence-electron chi connectivity index (χ0n) is 9.62. The molecule has 17 heavy (non-hydrogen) atoms. The summed E-state index contributed by atoms with van der Waals surface area (Å²) < 4.78 is 0. The van der Waals surface area contributed by atoms with E-state index in [1.165, 1.54) is 0 Å². The van der Waals surface area contributed by atoms with E-state index < -0.39 is 5.97 Å². The highest BCUT2D eigenvalue weighted by atomic mass is 35.5. The van der Waals surface area contributed by atoms with Gasteiger partial charge in [-0.3, -0.25) is 9.78 Å². The van der Waals surface area contributed by atoms with Gasteiger partial charge < -0.3 is 5.11 Å². The summed E-state index contributed by atoms with van der Waals surface area (Å²) >= 11 is 6.00. The average Bonchev–Trinajstić information content (AvgIpc) is 2.19. The fourth-order valence-corrected chi connectivity index (χ4v) is 2.21. The van der Waals surface area contributed by atoms with Gasteiger partial charge in [0.05, 0.1) is 17.6 Å². The van der Waals surface area contributed by atoms with Gasteiger partial charge in [-0.1, -0.05) is 11.6 Å². The lowest BCUT2D eigenvalue weighted by Crippen LogP contribution is -2.03. The number of aryl methyl sites for hydroxylation is 2. The Bertz CT molecular complexity index is 608. The molecule has 0 aliphatic heterocycles. The van der Waals surface area contributed by atoms with E-state index in [2.05, 4.69) is 4.98 Å². The van der Waals surface area contributed by atoms with E-state index >= 15 is 0 Å². The number of fused-ring (bicyclic) bond motifs is 1. The number of halogens is 1. The smallest absolute Gasteiger partial charge is 0.309 e. The largest absolute Gasteiger partial charge is 0.481 e. The van der Waals surface area contributed by atoms with Gasteiger partial charge in [0.2, 0.25) is 0 Å². The van der Waals surface area contributed by atoms with Gasteiger partial charge in [0.1, 0.15) is 0 Å². The molecule has 0 aliphatic carbocycles. The zero-order chi connectivity index (χ0) is 12.6. The first-order valence-electron chi connectivity index (χ1n) is 5.25. The first kappa shape index (κ1) is 11.9. The molecule has 0 unspecified atom stereocenters. The second kappa shape index (κ2) is 4.34. The third kappa shape index (κ3) is 2.39. The molecule has 1 aromatic carbocycles. The Hall–Kier alpha value is -1.61. The second-order valence-corrected chi connectivity index (χ2v) is 4.56. The topological polar surface area (TPSA) is 50.2 Å². The molecule has 1 aromatic heterocycles. The Morgan fingerprint density at radius 1 is 1.29 bits per heavy atom. The molecular formula is C13H12ClNO2. The molecule has 0 fully saturated rings. The van der Waals surface area contributed by atoms with Crippen LogP contribution in [0.3, 0.4) is 0 Å². The molecule has 4 heteroatoms. The molecule has 0 saturated carbocycles. The molecule has 1 N–H and O–H groups in total. The van der Waals surface area contributed by atoms with Gasteiger partial charge >= 0.3 is 5.97 Å². The molecule has 0 aliphatic rings. The molecule has 0 amide bonds. The van der Waals surface area contributed by atoms with E-state index in [0.29, 0.717) is 10.7 Å². The number of nitrogens with zero attached hydrogens (tertiary/aromatic N) is 1. The van der Waals surface area contributed by atoms with Gasteiger partial charge in [-0.05, 0) is 43.2 Å². The summed E-state index contributed by atoms with van der Waals surface area (Å²) in [6, 6.07) is 5.49. The van der Waals surface area contributed by atoms with Crippen molar-refractivity contribution in [2.75, 3.05) is 0 Å². The van der Waals surface area contributed by atoms with Crippen LogP contribution in [0.4, 0.5) is 0 Å². The van der Waals surface area contributed by atoms with E-state index in [1.54, 1.807) is 6.07 Å². The molecule has 0 spiro atoms. The van der Waals surface area contributed by atoms with Gasteiger partial charge in [-0.15, -0.1) is 0 Å². The highest BCUT2D eigenvalue weighted by Gasteiger charge is 2.09. The van der Waals surface area contributed by atoms with Crippen molar-refractivity contribution in [3.63, 3.8) is 0 Å². The van der Waals surface area contributed by atoms with Crippen LogP contribution >= 0.6 is 11.6 Å². The van der Waals surface area contributed by atoms with Crippen molar-refractivity contribution in [1.29, 1.82) is 0 Å². The maximum atomic E-state index is 10.7. The first-order chi connectivity index (χ1) is 7.97. The van der Waals surface area contributed by atoms with E-state index in [1.807, 2.05) is 26.0 Å². The number of benzene rings is 1. The number of pyridine rings is 1. The van der Waals surface area contributed by atoms with Gasteiger partial charge in [-0.25, -0.2) is 0 Å². The van der Waals surface area contributed by atoms with Crippen molar-refractivity contribution in [3.05, 3.63) is 40.0 Å². The minimum absolute atomic E-state index is 0.0567. The van der Waals surface area contributed by atoms with Gasteiger partial charge in [0, 0.05) is 10.4 Å². The molecule has 88 valence electrons. The summed E-state index contributed by atoms with van der Waals surface area (Å²) in [5.74, 6) is -0.872. The summed E-state index contributed by atoms with van der Waals surface area (Å²) in [5, 5.41) is 10.4. The maximum absolute atomic E-state index is 10.7. The van der Waals surface area contributed by atoms with Crippen molar-refractivity contribution in [2.24, 2.45) is 0 Å². The van der Waals surface area contributed by atoms with Crippen LogP contribution in [0.15, 0.2) is 18.2 Å². The minimum Gasteiger partial charge on any atom is -0.481 e. The number of carbonyl (C=O) groups is 1. The second-order valence-electron chi connectivity index (χ2n) is 4.12. The lowest BCUT2D eigenvalue weighted by atomic mass is 10.0. The van der Waals surface area contributed by atoms with E-state index in [4.69, 9.17) is 16.7 Å². The fourth-order valence-electron chi connectivity index (χ4n) is 1.93. The van der Waals surface area contributed by atoms with E-state index in [9.17, 15) is 4.79 Å². The number of carboxylic acids is 1. The number of aliphatic carboxylic acids is 1. The van der Waals surface area contributed by atoms with Crippen LogP contribution in [-0.4, -0.2) is 16.1 Å². The lowest BCUT2D eigenvalue weighted by Gasteiger charge is -2.08. The Kier molecular flexibility index (Phi) is 3.03. The summed E-state index contributed by atoms with van der Waals surface area (Å²) in [5.41, 5.74) is 3.36. The third-order valence-corrected chi connectivity index (χ3v) is 2.88. The van der Waals surface area contributed by atoms with Gasteiger partial charge in [0.25, 0.3) is 0 Å². The Labute approximate surface area is 104 Å². The SMILES string of the molecule is Cc1cc(CC(=O)O)nc2c(C)cc(Cl)cc12. The number of hydrogen-bond acceptors (Lipinski definition) is 2. The van der Waals surface area contributed by atoms with Crippen molar-refractivity contribution >= 4 is 28.5 Å². The number of carboxylic acid groups (broad SMARTS) is 1. The lowest BCUT2D eigenvalue weighted by molar-refractivity contribution is -0.136. The molecule has 0 bridgehead atoms. The monoisotopic (exact) mass is 249 g/mol. The van der Waals surface area contributed by atoms with E-state index in [0.717, 1.165) is 22.0 Å². The van der Waals surface area contributed by atoms with Crippen LogP contribution in [0.1, 0.15) is 16.8 Å². The molecule has 3 nitrogen and oxygen atoms in total. The molecule has 0 saturated heterocycles. The van der Waals surface area contributed by atoms with Crippen molar-refractivity contribution in [2.45, 2.75) is 20.3 Å². The third-order valence-electron chi connectivity index (χ3n) is 2.66. The van der Waals surface area contributed by atoms with Crippen LogP contribution in [-0.2, 0) is 11.2 Å². The molecule has 1 heterocycles. The number of hydrogen-bond donors (Lipinski definition) is 1. The van der Waals surface area contributed by atoms with Gasteiger partial charge in [-0.2, -0.15) is 0 Å². The molecule has 0 atom stereocenters. The summed E-state index contributed by atoms with van der Waals surface area (Å²) in [7, 11) is 0. The number of aromatic nitrogens is 1. The molecule has 2 rings (SSSR count). The Balaban J connectivity index is 2.68. The summed E-state index contributed by atoms with van der Waals surface area (Å²) in [4.78, 5) is 15.1. The maximum Gasteiger partial charge on any atom is 0.309 e. The van der Waals surface area contributed by atoms with Crippen LogP contribution in [0.2, 0.25) is 5.02 Å². The highest BCUT2D eigenvalue weighted by molar-refractivity contribution is 6.31. The predicted octanol–water partition coefficient (Wildman–Crippen LogP) is 3.13. The highest BCUT2D eigenvalue weighted by Crippen LogP contribution is 2.25. The predicted molar refractivity (Wildman–Crippen MR) is 67.6 cm³/mol. The van der Waals surface area contributed by atoms with E-state index in [-0.39, 0.29) is 6.42 Å². The van der Waals surface area contributed by atoms with Crippen LogP contribution in [0, 0.1) is 13.8 Å². The van der Waals surface area contributed by atoms with Gasteiger partial charge in [0.15, 0.2) is 0 Å². The normalized spacial score (nSPS) is 10.8. The van der Waals surface area contributed by atoms with Crippen LogP contribution < -0.4 is 0 Å². The van der Waals surface area contributed by atoms with Crippen molar-refractivity contribution < 1.29 is 9.90 Å².